The predicted octanol–water partition coefficient (Wildman–Crippen LogP) is 0.683. The maximum absolute atomic E-state index is 11.2. The van der Waals surface area contributed by atoms with Crippen LogP contribution >= 0.6 is 11.6 Å². The van der Waals surface area contributed by atoms with Gasteiger partial charge >= 0.3 is 0 Å². The standard InChI is InChI=1S/C8H17ClN2O/c1-10-6-3-7-11(2)8(12)4-5-9/h10H,3-7H2,1-2H3. The highest BCUT2D eigenvalue weighted by atomic mass is 35.5. The molecule has 1 N–H and O–H groups in total. The topological polar surface area (TPSA) is 32.3 Å². The summed E-state index contributed by atoms with van der Waals surface area (Å²) in [4.78, 5) is 12.9. The molecule has 0 aromatic heterocycles. The van der Waals surface area contributed by atoms with Crippen LogP contribution in [-0.2, 0) is 4.79 Å². The van der Waals surface area contributed by atoms with Gasteiger partial charge in [0.2, 0.25) is 5.91 Å². The lowest BCUT2D eigenvalue weighted by Crippen LogP contribution is -2.29. The molecule has 0 radical (unpaired) electrons. The van der Waals surface area contributed by atoms with Gasteiger partial charge in [0, 0.05) is 25.9 Å². The number of amides is 1. The minimum Gasteiger partial charge on any atom is -0.346 e. The maximum Gasteiger partial charge on any atom is 0.223 e. The number of nitrogens with zero attached hydrogens (tertiary/aromatic N) is 1. The second-order valence-corrected chi connectivity index (χ2v) is 3.09. The molecule has 0 heterocycles. The molecule has 0 aliphatic rings. The van der Waals surface area contributed by atoms with Crippen molar-refractivity contribution < 1.29 is 4.79 Å². The fourth-order valence-electron chi connectivity index (χ4n) is 0.889. The number of hydrogen-bond donors (Lipinski definition) is 1. The largest absolute Gasteiger partial charge is 0.346 e. The third kappa shape index (κ3) is 5.38. The average molecular weight is 193 g/mol. The van der Waals surface area contributed by atoms with Crippen LogP contribution in [0.25, 0.3) is 0 Å². The molecule has 0 unspecified atom stereocenters. The summed E-state index contributed by atoms with van der Waals surface area (Å²) >= 11 is 5.44. The zero-order chi connectivity index (χ0) is 9.40. The number of carbonyl (C=O) groups is 1. The van der Waals surface area contributed by atoms with Crippen molar-refractivity contribution in [2.24, 2.45) is 0 Å². The number of halogens is 1. The third-order valence-electron chi connectivity index (χ3n) is 1.65. The van der Waals surface area contributed by atoms with Gasteiger partial charge in [0.25, 0.3) is 0 Å². The Balaban J connectivity index is 3.42. The number of carbonyl (C=O) groups excluding carboxylic acids is 1. The molecular formula is C8H17ClN2O. The van der Waals surface area contributed by atoms with E-state index in [1.165, 1.54) is 0 Å². The Morgan fingerprint density at radius 2 is 2.25 bits per heavy atom. The monoisotopic (exact) mass is 192 g/mol. The normalized spacial score (nSPS) is 9.92. The van der Waals surface area contributed by atoms with Crippen molar-refractivity contribution in [1.82, 2.24) is 10.2 Å². The summed E-state index contributed by atoms with van der Waals surface area (Å²) in [6.07, 6.45) is 1.43. The van der Waals surface area contributed by atoms with Crippen LogP contribution < -0.4 is 5.32 Å². The summed E-state index contributed by atoms with van der Waals surface area (Å²) in [5, 5.41) is 3.03. The molecule has 0 bridgehead atoms. The van der Waals surface area contributed by atoms with Crippen molar-refractivity contribution in [3.05, 3.63) is 0 Å². The van der Waals surface area contributed by atoms with Crippen molar-refractivity contribution in [2.75, 3.05) is 33.1 Å². The summed E-state index contributed by atoms with van der Waals surface area (Å²) in [6, 6.07) is 0. The molecule has 0 aromatic rings. The van der Waals surface area contributed by atoms with E-state index in [9.17, 15) is 4.79 Å². The highest BCUT2D eigenvalue weighted by Crippen LogP contribution is 1.94. The highest BCUT2D eigenvalue weighted by molar-refractivity contribution is 6.18. The van der Waals surface area contributed by atoms with Crippen molar-refractivity contribution >= 4 is 17.5 Å². The lowest BCUT2D eigenvalue weighted by atomic mass is 10.3. The SMILES string of the molecule is CNCCCN(C)C(=O)CCCl. The first-order valence-corrected chi connectivity index (χ1v) is 4.70. The van der Waals surface area contributed by atoms with E-state index in [0.717, 1.165) is 19.5 Å². The molecule has 1 amide bonds. The van der Waals surface area contributed by atoms with E-state index < -0.39 is 0 Å². The van der Waals surface area contributed by atoms with Crippen LogP contribution in [0.1, 0.15) is 12.8 Å². The van der Waals surface area contributed by atoms with Gasteiger partial charge in [-0.1, -0.05) is 0 Å². The van der Waals surface area contributed by atoms with Crippen molar-refractivity contribution in [3.8, 4) is 0 Å². The quantitative estimate of drug-likeness (QED) is 0.496. The summed E-state index contributed by atoms with van der Waals surface area (Å²) in [5.41, 5.74) is 0. The molecule has 0 aliphatic heterocycles. The zero-order valence-electron chi connectivity index (χ0n) is 7.77. The fourth-order valence-corrected chi connectivity index (χ4v) is 1.05. The molecule has 0 atom stereocenters. The Hall–Kier alpha value is -0.280. The molecule has 0 rings (SSSR count). The molecular weight excluding hydrogens is 176 g/mol. The van der Waals surface area contributed by atoms with Gasteiger partial charge in [-0.2, -0.15) is 0 Å². The first-order chi connectivity index (χ1) is 5.72. The van der Waals surface area contributed by atoms with E-state index in [4.69, 9.17) is 11.6 Å². The van der Waals surface area contributed by atoms with Gasteiger partial charge in [-0.15, -0.1) is 11.6 Å². The Morgan fingerprint density at radius 3 is 2.75 bits per heavy atom. The molecule has 0 saturated heterocycles. The van der Waals surface area contributed by atoms with Crippen LogP contribution in [0, 0.1) is 0 Å². The molecule has 0 fully saturated rings. The van der Waals surface area contributed by atoms with Crippen molar-refractivity contribution in [2.45, 2.75) is 12.8 Å². The van der Waals surface area contributed by atoms with Gasteiger partial charge in [0.15, 0.2) is 0 Å². The number of alkyl halides is 1. The van der Waals surface area contributed by atoms with Crippen LogP contribution in [0.2, 0.25) is 0 Å². The first-order valence-electron chi connectivity index (χ1n) is 4.17. The molecule has 0 spiro atoms. The Morgan fingerprint density at radius 1 is 1.58 bits per heavy atom. The lowest BCUT2D eigenvalue weighted by molar-refractivity contribution is -0.129. The number of hydrogen-bond acceptors (Lipinski definition) is 2. The lowest BCUT2D eigenvalue weighted by Gasteiger charge is -2.15. The number of nitrogens with one attached hydrogen (secondary N) is 1. The van der Waals surface area contributed by atoms with Gasteiger partial charge in [-0.3, -0.25) is 4.79 Å². The molecule has 3 nitrogen and oxygen atoms in total. The van der Waals surface area contributed by atoms with Crippen LogP contribution in [-0.4, -0.2) is 43.9 Å². The van der Waals surface area contributed by atoms with E-state index in [0.29, 0.717) is 12.3 Å². The second-order valence-electron chi connectivity index (χ2n) is 2.71. The fraction of sp³-hybridized carbons (Fsp3) is 0.875. The van der Waals surface area contributed by atoms with Gasteiger partial charge in [0.05, 0.1) is 0 Å². The Bertz CT molecular complexity index is 130. The van der Waals surface area contributed by atoms with Crippen LogP contribution in [0.5, 0.6) is 0 Å². The van der Waals surface area contributed by atoms with Crippen molar-refractivity contribution in [3.63, 3.8) is 0 Å². The highest BCUT2D eigenvalue weighted by Gasteiger charge is 2.05. The van der Waals surface area contributed by atoms with Crippen LogP contribution in [0.4, 0.5) is 0 Å². The first kappa shape index (κ1) is 11.7. The van der Waals surface area contributed by atoms with E-state index in [1.807, 2.05) is 14.1 Å². The molecule has 0 saturated carbocycles. The summed E-state index contributed by atoms with van der Waals surface area (Å²) < 4.78 is 0. The predicted molar refractivity (Wildman–Crippen MR) is 51.5 cm³/mol. The van der Waals surface area contributed by atoms with Crippen molar-refractivity contribution in [1.29, 1.82) is 0 Å². The van der Waals surface area contributed by atoms with Crippen LogP contribution in [0.3, 0.4) is 0 Å². The van der Waals surface area contributed by atoms with E-state index in [-0.39, 0.29) is 5.91 Å². The maximum atomic E-state index is 11.2. The van der Waals surface area contributed by atoms with Gasteiger partial charge in [-0.25, -0.2) is 0 Å². The molecule has 12 heavy (non-hydrogen) atoms. The molecule has 0 aromatic carbocycles. The molecule has 0 aliphatic carbocycles. The summed E-state index contributed by atoms with van der Waals surface area (Å²) in [6.45, 7) is 1.75. The molecule has 72 valence electrons. The van der Waals surface area contributed by atoms with E-state index >= 15 is 0 Å². The van der Waals surface area contributed by atoms with Gasteiger partial charge < -0.3 is 10.2 Å². The Kier molecular flexibility index (Phi) is 7.20. The minimum absolute atomic E-state index is 0.126. The minimum atomic E-state index is 0.126. The third-order valence-corrected chi connectivity index (χ3v) is 1.84. The summed E-state index contributed by atoms with van der Waals surface area (Å²) in [7, 11) is 3.71. The van der Waals surface area contributed by atoms with E-state index in [1.54, 1.807) is 4.90 Å². The van der Waals surface area contributed by atoms with Crippen LogP contribution in [0.15, 0.2) is 0 Å². The average Bonchev–Trinajstić information content (AvgIpc) is 2.05. The van der Waals surface area contributed by atoms with Gasteiger partial charge in [-0.05, 0) is 20.0 Å². The summed E-state index contributed by atoms with van der Waals surface area (Å²) in [5.74, 6) is 0.538. The Labute approximate surface area is 79.1 Å². The van der Waals surface area contributed by atoms with Gasteiger partial charge in [0.1, 0.15) is 0 Å². The number of rotatable bonds is 6. The van der Waals surface area contributed by atoms with E-state index in [2.05, 4.69) is 5.32 Å². The second kappa shape index (κ2) is 7.37. The molecule has 4 heteroatoms. The smallest absolute Gasteiger partial charge is 0.223 e. The zero-order valence-corrected chi connectivity index (χ0v) is 8.52.